The monoisotopic (exact) mass is 226 g/mol. The van der Waals surface area contributed by atoms with Crippen molar-refractivity contribution in [3.8, 4) is 0 Å². The van der Waals surface area contributed by atoms with Crippen molar-refractivity contribution >= 4 is 11.8 Å². The zero-order chi connectivity index (χ0) is 12.6. The third-order valence-electron chi connectivity index (χ3n) is 1.60. The number of hydrogen-bond donors (Lipinski definition) is 2. The van der Waals surface area contributed by atoms with Gasteiger partial charge in [-0.1, -0.05) is 20.1 Å². The van der Waals surface area contributed by atoms with Gasteiger partial charge in [-0.05, 0) is 13.3 Å². The fraction of sp³-hybridized carbons (Fsp3) is 0.455. The van der Waals surface area contributed by atoms with Crippen molar-refractivity contribution in [3.05, 3.63) is 24.7 Å². The first kappa shape index (κ1) is 14.2. The molecule has 0 saturated heterocycles. The number of rotatable bonds is 7. The van der Waals surface area contributed by atoms with Gasteiger partial charge >= 0.3 is 0 Å². The highest BCUT2D eigenvalue weighted by atomic mass is 16.5. The lowest BCUT2D eigenvalue weighted by Crippen LogP contribution is -2.35. The summed E-state index contributed by atoms with van der Waals surface area (Å²) >= 11 is 0. The van der Waals surface area contributed by atoms with Gasteiger partial charge in [0.25, 0.3) is 5.91 Å². The molecule has 0 atom stereocenters. The largest absolute Gasteiger partial charge is 0.489 e. The summed E-state index contributed by atoms with van der Waals surface area (Å²) in [5, 5.41) is 4.81. The van der Waals surface area contributed by atoms with Gasteiger partial charge in [-0.2, -0.15) is 0 Å². The molecule has 0 radical (unpaired) electrons. The fourth-order valence-corrected chi connectivity index (χ4v) is 0.936. The van der Waals surface area contributed by atoms with Crippen LogP contribution in [-0.4, -0.2) is 18.4 Å². The Bertz CT molecular complexity index is 298. The summed E-state index contributed by atoms with van der Waals surface area (Å²) in [6, 6.07) is 0. The molecule has 2 amide bonds. The van der Waals surface area contributed by atoms with Crippen LogP contribution >= 0.6 is 0 Å². The minimum absolute atomic E-state index is 0.00612. The minimum Gasteiger partial charge on any atom is -0.489 e. The van der Waals surface area contributed by atoms with Crippen molar-refractivity contribution in [2.75, 3.05) is 6.61 Å². The van der Waals surface area contributed by atoms with E-state index in [-0.39, 0.29) is 17.5 Å². The molecule has 0 bridgehead atoms. The highest BCUT2D eigenvalue weighted by molar-refractivity contribution is 5.92. The van der Waals surface area contributed by atoms with E-state index >= 15 is 0 Å². The molecule has 0 aliphatic rings. The molecule has 0 saturated carbocycles. The first-order valence-electron chi connectivity index (χ1n) is 5.13. The molecule has 5 heteroatoms. The predicted molar refractivity (Wildman–Crippen MR) is 61.1 cm³/mol. The number of amides is 2. The molecule has 16 heavy (non-hydrogen) atoms. The van der Waals surface area contributed by atoms with Crippen molar-refractivity contribution in [1.29, 1.82) is 0 Å². The van der Waals surface area contributed by atoms with Crippen LogP contribution in [0.25, 0.3) is 0 Å². The lowest BCUT2D eigenvalue weighted by Gasteiger charge is -2.11. The van der Waals surface area contributed by atoms with Gasteiger partial charge in [0.2, 0.25) is 5.91 Å². The van der Waals surface area contributed by atoms with Crippen LogP contribution in [-0.2, 0) is 14.3 Å². The van der Waals surface area contributed by atoms with Gasteiger partial charge in [-0.25, -0.2) is 0 Å². The van der Waals surface area contributed by atoms with Crippen molar-refractivity contribution in [2.45, 2.75) is 26.7 Å². The van der Waals surface area contributed by atoms with Crippen molar-refractivity contribution in [3.63, 3.8) is 0 Å². The maximum atomic E-state index is 11.3. The fourth-order valence-electron chi connectivity index (χ4n) is 0.936. The van der Waals surface area contributed by atoms with Crippen LogP contribution in [0.5, 0.6) is 0 Å². The van der Waals surface area contributed by atoms with Gasteiger partial charge in [0.05, 0.1) is 6.61 Å². The molecular weight excluding hydrogens is 208 g/mol. The van der Waals surface area contributed by atoms with Gasteiger partial charge in [0.1, 0.15) is 5.82 Å². The molecule has 5 nitrogen and oxygen atoms in total. The van der Waals surface area contributed by atoms with Crippen LogP contribution in [0.4, 0.5) is 0 Å². The maximum Gasteiger partial charge on any atom is 0.291 e. The average Bonchev–Trinajstić information content (AvgIpc) is 2.17. The summed E-state index contributed by atoms with van der Waals surface area (Å²) in [7, 11) is 0. The summed E-state index contributed by atoms with van der Waals surface area (Å²) in [5.74, 6) is -0.573. The molecule has 0 aliphatic heterocycles. The van der Waals surface area contributed by atoms with Gasteiger partial charge in [0, 0.05) is 6.42 Å². The topological polar surface area (TPSA) is 67.4 Å². The third-order valence-corrected chi connectivity index (χ3v) is 1.60. The molecule has 0 fully saturated rings. The molecule has 2 N–H and O–H groups in total. The van der Waals surface area contributed by atoms with Gasteiger partial charge in [0.15, 0.2) is 5.76 Å². The number of ether oxygens (including phenoxy) is 1. The summed E-state index contributed by atoms with van der Waals surface area (Å²) in [6.07, 6.45) is 1.13. The van der Waals surface area contributed by atoms with E-state index in [1.165, 1.54) is 0 Å². The molecule has 0 spiro atoms. The zero-order valence-electron chi connectivity index (χ0n) is 9.76. The summed E-state index contributed by atoms with van der Waals surface area (Å²) in [4.78, 5) is 22.5. The van der Waals surface area contributed by atoms with Crippen LogP contribution in [0, 0.1) is 0 Å². The van der Waals surface area contributed by atoms with E-state index in [0.717, 1.165) is 6.42 Å². The second-order valence-electron chi connectivity index (χ2n) is 3.09. The van der Waals surface area contributed by atoms with Crippen LogP contribution in [0.15, 0.2) is 24.7 Å². The van der Waals surface area contributed by atoms with E-state index in [1.54, 1.807) is 6.92 Å². The molecule has 0 aromatic rings. The molecule has 0 heterocycles. The Kier molecular flexibility index (Phi) is 6.67. The second kappa shape index (κ2) is 7.50. The Morgan fingerprint density at radius 1 is 1.19 bits per heavy atom. The van der Waals surface area contributed by atoms with Gasteiger partial charge in [-0.15, -0.1) is 0 Å². The van der Waals surface area contributed by atoms with Crippen LogP contribution in [0.3, 0.4) is 0 Å². The minimum atomic E-state index is -0.511. The number of carbonyl (C=O) groups excluding carboxylic acids is 2. The summed E-state index contributed by atoms with van der Waals surface area (Å²) in [5.41, 5.74) is 0. The lowest BCUT2D eigenvalue weighted by molar-refractivity contribution is -0.121. The van der Waals surface area contributed by atoms with E-state index in [1.807, 2.05) is 6.92 Å². The van der Waals surface area contributed by atoms with Crippen LogP contribution in [0.1, 0.15) is 26.7 Å². The van der Waals surface area contributed by atoms with Crippen molar-refractivity contribution in [2.24, 2.45) is 0 Å². The maximum absolute atomic E-state index is 11.3. The molecule has 0 aromatic heterocycles. The lowest BCUT2D eigenvalue weighted by atomic mass is 10.3. The molecule has 0 unspecified atom stereocenters. The smallest absolute Gasteiger partial charge is 0.291 e. The quantitative estimate of drug-likeness (QED) is 0.503. The second-order valence-corrected chi connectivity index (χ2v) is 3.09. The predicted octanol–water partition coefficient (Wildman–Crippen LogP) is 1.04. The summed E-state index contributed by atoms with van der Waals surface area (Å²) < 4.78 is 4.90. The van der Waals surface area contributed by atoms with Crippen LogP contribution in [0.2, 0.25) is 0 Å². The normalized spacial score (nSPS) is 9.12. The highest BCUT2D eigenvalue weighted by Crippen LogP contribution is 1.94. The molecule has 0 aliphatic carbocycles. The Morgan fingerprint density at radius 2 is 1.81 bits per heavy atom. The van der Waals surface area contributed by atoms with E-state index in [0.29, 0.717) is 13.0 Å². The van der Waals surface area contributed by atoms with E-state index in [2.05, 4.69) is 23.8 Å². The SMILES string of the molecule is C=C(NC(=O)CCC)NC(=O)C(=C)OCC. The standard InChI is InChI=1S/C11H18N2O3/c1-5-7-10(14)12-9(4)13-11(15)8(3)16-6-2/h3-7H2,1-2H3,(H,12,14)(H,13,15). The highest BCUT2D eigenvalue weighted by Gasteiger charge is 2.09. The number of carbonyl (C=O) groups is 2. The molecular formula is C11H18N2O3. The molecule has 0 aromatic carbocycles. The van der Waals surface area contributed by atoms with E-state index < -0.39 is 5.91 Å². The first-order valence-corrected chi connectivity index (χ1v) is 5.13. The van der Waals surface area contributed by atoms with E-state index in [4.69, 9.17) is 4.74 Å². The average molecular weight is 226 g/mol. The first-order chi connectivity index (χ1) is 7.51. The molecule has 0 rings (SSSR count). The Hall–Kier alpha value is -1.78. The van der Waals surface area contributed by atoms with Gasteiger partial charge in [-0.3, -0.25) is 9.59 Å². The third kappa shape index (κ3) is 5.85. The number of nitrogens with one attached hydrogen (secondary N) is 2. The Morgan fingerprint density at radius 3 is 2.31 bits per heavy atom. The summed E-state index contributed by atoms with van der Waals surface area (Å²) in [6.45, 7) is 10.9. The van der Waals surface area contributed by atoms with Gasteiger partial charge < -0.3 is 15.4 Å². The van der Waals surface area contributed by atoms with E-state index in [9.17, 15) is 9.59 Å². The van der Waals surface area contributed by atoms with Crippen molar-refractivity contribution in [1.82, 2.24) is 10.6 Å². The van der Waals surface area contributed by atoms with Crippen LogP contribution < -0.4 is 10.6 Å². The Labute approximate surface area is 95.5 Å². The molecule has 90 valence electrons. The number of hydrogen-bond acceptors (Lipinski definition) is 3. The zero-order valence-corrected chi connectivity index (χ0v) is 9.76. The Balaban J connectivity index is 4.00. The van der Waals surface area contributed by atoms with Crippen molar-refractivity contribution < 1.29 is 14.3 Å².